The summed E-state index contributed by atoms with van der Waals surface area (Å²) in [5, 5.41) is 3.75. The highest BCUT2D eigenvalue weighted by Crippen LogP contribution is 2.23. The fourth-order valence-electron chi connectivity index (χ4n) is 3.32. The van der Waals surface area contributed by atoms with Gasteiger partial charge in [-0.15, -0.1) is 0 Å². The van der Waals surface area contributed by atoms with Crippen LogP contribution in [0, 0.1) is 13.8 Å². The van der Waals surface area contributed by atoms with E-state index in [1.54, 1.807) is 0 Å². The predicted molar refractivity (Wildman–Crippen MR) is 87.2 cm³/mol. The first-order valence-electron chi connectivity index (χ1n) is 8.15. The molecule has 1 aromatic carbocycles. The summed E-state index contributed by atoms with van der Waals surface area (Å²) in [6, 6.07) is 8.17. The first kappa shape index (κ1) is 15.5. The summed E-state index contributed by atoms with van der Waals surface area (Å²) in [6.07, 6.45) is 3.90. The highest BCUT2D eigenvalue weighted by molar-refractivity contribution is 5.31. The number of benzene rings is 1. The van der Waals surface area contributed by atoms with Gasteiger partial charge in [-0.05, 0) is 58.7 Å². The van der Waals surface area contributed by atoms with Crippen LogP contribution in [-0.4, -0.2) is 30.6 Å². The van der Waals surface area contributed by atoms with Crippen LogP contribution in [0.5, 0.6) is 0 Å². The Kier molecular flexibility index (Phi) is 5.62. The van der Waals surface area contributed by atoms with E-state index in [0.717, 1.165) is 19.1 Å². The number of aryl methyl sites for hydroxylation is 2. The van der Waals surface area contributed by atoms with Crippen molar-refractivity contribution >= 4 is 0 Å². The second kappa shape index (κ2) is 7.24. The topological polar surface area (TPSA) is 15.3 Å². The third kappa shape index (κ3) is 4.07. The van der Waals surface area contributed by atoms with Crippen LogP contribution in [0.2, 0.25) is 0 Å². The van der Waals surface area contributed by atoms with Gasteiger partial charge in [0.1, 0.15) is 0 Å². The van der Waals surface area contributed by atoms with Crippen molar-refractivity contribution in [1.29, 1.82) is 0 Å². The van der Waals surface area contributed by atoms with E-state index < -0.39 is 0 Å². The lowest BCUT2D eigenvalue weighted by molar-refractivity contribution is 0.237. The Morgan fingerprint density at radius 2 is 1.95 bits per heavy atom. The Morgan fingerprint density at radius 3 is 2.50 bits per heavy atom. The number of likely N-dealkylation sites (tertiary alicyclic amines) is 1. The minimum atomic E-state index is 0.467. The van der Waals surface area contributed by atoms with E-state index in [-0.39, 0.29) is 0 Å². The maximum atomic E-state index is 3.75. The largest absolute Gasteiger partial charge is 0.309 e. The summed E-state index contributed by atoms with van der Waals surface area (Å²) in [5.74, 6) is 0. The van der Waals surface area contributed by atoms with Gasteiger partial charge in [-0.25, -0.2) is 0 Å². The molecule has 0 radical (unpaired) electrons. The van der Waals surface area contributed by atoms with Crippen LogP contribution < -0.4 is 5.32 Å². The highest BCUT2D eigenvalue weighted by Gasteiger charge is 2.24. The van der Waals surface area contributed by atoms with E-state index in [2.05, 4.69) is 56.1 Å². The van der Waals surface area contributed by atoms with Crippen molar-refractivity contribution in [3.63, 3.8) is 0 Å². The van der Waals surface area contributed by atoms with Gasteiger partial charge in [-0.3, -0.25) is 4.90 Å². The maximum absolute atomic E-state index is 3.75. The summed E-state index contributed by atoms with van der Waals surface area (Å²) in [6.45, 7) is 12.5. The van der Waals surface area contributed by atoms with Crippen LogP contribution in [0.4, 0.5) is 0 Å². The van der Waals surface area contributed by atoms with E-state index in [0.29, 0.717) is 6.04 Å². The van der Waals surface area contributed by atoms with Crippen molar-refractivity contribution < 1.29 is 0 Å². The van der Waals surface area contributed by atoms with Crippen molar-refractivity contribution in [3.8, 4) is 0 Å². The molecule has 0 aromatic heterocycles. The molecule has 1 aromatic rings. The van der Waals surface area contributed by atoms with Crippen molar-refractivity contribution in [2.75, 3.05) is 19.6 Å². The van der Waals surface area contributed by atoms with Gasteiger partial charge in [0.15, 0.2) is 0 Å². The Bertz CT molecular complexity index is 407. The van der Waals surface area contributed by atoms with Gasteiger partial charge < -0.3 is 5.32 Å². The van der Waals surface area contributed by atoms with Gasteiger partial charge in [0.25, 0.3) is 0 Å². The van der Waals surface area contributed by atoms with Gasteiger partial charge in [-0.2, -0.15) is 0 Å². The number of rotatable bonds is 6. The molecule has 2 rings (SSSR count). The van der Waals surface area contributed by atoms with Crippen LogP contribution in [0.3, 0.4) is 0 Å². The molecule has 20 heavy (non-hydrogen) atoms. The second-order valence-corrected chi connectivity index (χ2v) is 6.41. The monoisotopic (exact) mass is 274 g/mol. The maximum Gasteiger partial charge on any atom is 0.0449 e. The predicted octanol–water partition coefficient (Wildman–Crippen LogP) is 3.83. The first-order chi connectivity index (χ1) is 9.60. The molecule has 0 aliphatic carbocycles. The Morgan fingerprint density at radius 1 is 1.25 bits per heavy atom. The molecular formula is C18H30N2. The molecule has 1 aliphatic heterocycles. The molecule has 0 amide bonds. The van der Waals surface area contributed by atoms with Gasteiger partial charge in [0.05, 0.1) is 0 Å². The molecule has 0 spiro atoms. The fraction of sp³-hybridized carbons (Fsp3) is 0.667. The van der Waals surface area contributed by atoms with Crippen LogP contribution in [0.25, 0.3) is 0 Å². The smallest absolute Gasteiger partial charge is 0.0449 e. The van der Waals surface area contributed by atoms with Crippen molar-refractivity contribution in [2.24, 2.45) is 0 Å². The minimum absolute atomic E-state index is 0.467. The molecule has 1 fully saturated rings. The van der Waals surface area contributed by atoms with E-state index in [4.69, 9.17) is 0 Å². The number of hydrogen-bond acceptors (Lipinski definition) is 2. The zero-order valence-electron chi connectivity index (χ0n) is 13.6. The van der Waals surface area contributed by atoms with Gasteiger partial charge in [0.2, 0.25) is 0 Å². The first-order valence-corrected chi connectivity index (χ1v) is 8.15. The van der Waals surface area contributed by atoms with Crippen molar-refractivity contribution in [1.82, 2.24) is 10.2 Å². The molecule has 1 N–H and O–H groups in total. The average molecular weight is 274 g/mol. The van der Waals surface area contributed by atoms with Crippen LogP contribution in [0.1, 0.15) is 55.8 Å². The molecule has 2 unspecified atom stereocenters. The lowest BCUT2D eigenvalue weighted by Gasteiger charge is -2.28. The normalized spacial score (nSPS) is 21.3. The van der Waals surface area contributed by atoms with Gasteiger partial charge in [0, 0.05) is 18.6 Å². The van der Waals surface area contributed by atoms with E-state index in [1.807, 2.05) is 0 Å². The third-order valence-corrected chi connectivity index (χ3v) is 4.39. The lowest BCUT2D eigenvalue weighted by atomic mass is 10.0. The summed E-state index contributed by atoms with van der Waals surface area (Å²) in [4.78, 5) is 2.64. The molecular weight excluding hydrogens is 244 g/mol. The third-order valence-electron chi connectivity index (χ3n) is 4.39. The molecule has 112 valence electrons. The lowest BCUT2D eigenvalue weighted by Crippen LogP contribution is -2.37. The molecule has 0 saturated carbocycles. The Balaban J connectivity index is 2.13. The minimum Gasteiger partial charge on any atom is -0.309 e. The second-order valence-electron chi connectivity index (χ2n) is 6.41. The van der Waals surface area contributed by atoms with Crippen LogP contribution in [0.15, 0.2) is 18.2 Å². The number of nitrogens with zero attached hydrogens (tertiary/aromatic N) is 1. The van der Waals surface area contributed by atoms with E-state index in [1.165, 1.54) is 42.5 Å². The average Bonchev–Trinajstić information content (AvgIpc) is 2.78. The molecule has 2 heteroatoms. The van der Waals surface area contributed by atoms with Gasteiger partial charge >= 0.3 is 0 Å². The Hall–Kier alpha value is -0.860. The van der Waals surface area contributed by atoms with E-state index >= 15 is 0 Å². The van der Waals surface area contributed by atoms with Crippen LogP contribution >= 0.6 is 0 Å². The standard InChI is InChI=1S/C18H30N2/c1-5-8-19-18(13-20-9-6-7-16(20)4)17-11-14(2)10-15(3)12-17/h10-12,16,18-19H,5-9,13H2,1-4H3. The van der Waals surface area contributed by atoms with E-state index in [9.17, 15) is 0 Å². The fourth-order valence-corrected chi connectivity index (χ4v) is 3.32. The molecule has 0 bridgehead atoms. The number of nitrogens with one attached hydrogen (secondary N) is 1. The molecule has 1 heterocycles. The summed E-state index contributed by atoms with van der Waals surface area (Å²) < 4.78 is 0. The zero-order chi connectivity index (χ0) is 14.5. The summed E-state index contributed by atoms with van der Waals surface area (Å²) in [5.41, 5.74) is 4.20. The molecule has 1 saturated heterocycles. The SMILES string of the molecule is CCCNC(CN1CCCC1C)c1cc(C)cc(C)c1. The number of hydrogen-bond donors (Lipinski definition) is 1. The highest BCUT2D eigenvalue weighted by atomic mass is 15.2. The summed E-state index contributed by atoms with van der Waals surface area (Å²) in [7, 11) is 0. The molecule has 2 nitrogen and oxygen atoms in total. The van der Waals surface area contributed by atoms with Gasteiger partial charge in [-0.1, -0.05) is 36.2 Å². The zero-order valence-corrected chi connectivity index (χ0v) is 13.6. The quantitative estimate of drug-likeness (QED) is 0.848. The van der Waals surface area contributed by atoms with Crippen molar-refractivity contribution in [2.45, 2.75) is 59.0 Å². The van der Waals surface area contributed by atoms with Crippen molar-refractivity contribution in [3.05, 3.63) is 34.9 Å². The summed E-state index contributed by atoms with van der Waals surface area (Å²) >= 11 is 0. The molecule has 1 aliphatic rings. The Labute approximate surface area is 124 Å². The van der Waals surface area contributed by atoms with Crippen LogP contribution in [-0.2, 0) is 0 Å². The molecule has 2 atom stereocenters.